The predicted octanol–water partition coefficient (Wildman–Crippen LogP) is 5.09. The molecule has 1 fully saturated rings. The molecule has 2 aromatic carbocycles. The molecule has 0 bridgehead atoms. The van der Waals surface area contributed by atoms with Crippen molar-refractivity contribution in [3.05, 3.63) is 70.8 Å². The number of hydrogen-bond acceptors (Lipinski definition) is 7. The number of urea groups is 1. The van der Waals surface area contributed by atoms with Gasteiger partial charge in [0.2, 0.25) is 11.8 Å². The minimum absolute atomic E-state index is 0.0241. The average Bonchev–Trinajstić information content (AvgIpc) is 3.29. The molecule has 0 spiro atoms. The van der Waals surface area contributed by atoms with Crippen LogP contribution in [0, 0.1) is 0 Å². The molecule has 3 N–H and O–H groups in total. The van der Waals surface area contributed by atoms with Crippen molar-refractivity contribution in [2.24, 2.45) is 0 Å². The first-order valence-electron chi connectivity index (χ1n) is 14.6. The van der Waals surface area contributed by atoms with E-state index in [1.165, 1.54) is 11.0 Å². The minimum Gasteiger partial charge on any atom is -0.489 e. The van der Waals surface area contributed by atoms with Crippen molar-refractivity contribution in [3.8, 4) is 5.75 Å². The van der Waals surface area contributed by atoms with Gasteiger partial charge in [0.05, 0.1) is 11.1 Å². The normalized spacial score (nSPS) is 16.0. The van der Waals surface area contributed by atoms with Gasteiger partial charge in [-0.25, -0.2) is 9.59 Å². The molecule has 5 amide bonds. The van der Waals surface area contributed by atoms with Crippen LogP contribution in [0.3, 0.4) is 0 Å². The summed E-state index contributed by atoms with van der Waals surface area (Å²) >= 11 is 0. The van der Waals surface area contributed by atoms with E-state index in [0.717, 1.165) is 12.1 Å². The Labute approximate surface area is 264 Å². The summed E-state index contributed by atoms with van der Waals surface area (Å²) in [6.45, 7) is 12.2. The molecule has 2 aliphatic heterocycles. The first kappa shape index (κ1) is 35.6. The number of anilines is 1. The van der Waals surface area contributed by atoms with Crippen molar-refractivity contribution in [1.82, 2.24) is 15.5 Å². The number of nitrogens with zero attached hydrogens (tertiary/aromatic N) is 1. The fraction of sp³-hybridized carbons (Fsp3) is 0.406. The molecule has 0 radical (unpaired) electrons. The molecule has 11 nitrogen and oxygen atoms in total. The van der Waals surface area contributed by atoms with Gasteiger partial charge in [0.25, 0.3) is 5.91 Å². The molecule has 2 aromatic rings. The van der Waals surface area contributed by atoms with Gasteiger partial charge in [0.15, 0.2) is 0 Å². The highest BCUT2D eigenvalue weighted by molar-refractivity contribution is 6.05. The first-order chi connectivity index (χ1) is 21.5. The number of halogens is 3. The number of ether oxygens (including phenoxy) is 2. The molecule has 14 heteroatoms. The molecule has 46 heavy (non-hydrogen) atoms. The van der Waals surface area contributed by atoms with Gasteiger partial charge in [-0.3, -0.25) is 19.7 Å². The van der Waals surface area contributed by atoms with Gasteiger partial charge in [-0.15, -0.1) is 0 Å². The number of nitrogens with one attached hydrogen (secondary N) is 3. The van der Waals surface area contributed by atoms with Crippen LogP contribution in [-0.4, -0.2) is 52.9 Å². The second-order valence-corrected chi connectivity index (χ2v) is 11.3. The highest BCUT2D eigenvalue weighted by Crippen LogP contribution is 2.34. The third-order valence-electron chi connectivity index (χ3n) is 6.63. The van der Waals surface area contributed by atoms with Crippen LogP contribution in [-0.2, 0) is 38.4 Å². The Kier molecular flexibility index (Phi) is 11.2. The first-order valence-corrected chi connectivity index (χ1v) is 14.6. The van der Waals surface area contributed by atoms with E-state index in [1.807, 2.05) is 13.8 Å². The van der Waals surface area contributed by atoms with E-state index >= 15 is 0 Å². The second-order valence-electron chi connectivity index (χ2n) is 11.3. The topological polar surface area (TPSA) is 143 Å². The number of esters is 1. The fourth-order valence-electron chi connectivity index (χ4n) is 4.59. The van der Waals surface area contributed by atoms with Gasteiger partial charge >= 0.3 is 18.2 Å². The molecule has 1 atom stereocenters. The molecular formula is C32H37F3N4O7. The van der Waals surface area contributed by atoms with E-state index in [4.69, 9.17) is 9.47 Å². The van der Waals surface area contributed by atoms with Crippen LogP contribution in [0.4, 0.5) is 23.7 Å². The quantitative estimate of drug-likeness (QED) is 0.206. The van der Waals surface area contributed by atoms with Crippen LogP contribution in [0.5, 0.6) is 5.75 Å². The molecule has 4 rings (SSSR count). The van der Waals surface area contributed by atoms with Gasteiger partial charge in [0.1, 0.15) is 24.0 Å². The summed E-state index contributed by atoms with van der Waals surface area (Å²) in [5.41, 5.74) is -0.576. The van der Waals surface area contributed by atoms with Crippen molar-refractivity contribution in [2.45, 2.75) is 78.4 Å². The number of alkyl halides is 3. The van der Waals surface area contributed by atoms with Crippen molar-refractivity contribution < 1.29 is 46.6 Å². The van der Waals surface area contributed by atoms with Gasteiger partial charge < -0.3 is 25.0 Å². The molecule has 0 aromatic heterocycles. The molecule has 2 heterocycles. The van der Waals surface area contributed by atoms with E-state index < -0.39 is 47.9 Å². The summed E-state index contributed by atoms with van der Waals surface area (Å²) in [6.07, 6.45) is -4.40. The highest BCUT2D eigenvalue weighted by Gasteiger charge is 2.39. The summed E-state index contributed by atoms with van der Waals surface area (Å²) in [5.74, 6) is -2.29. The van der Waals surface area contributed by atoms with E-state index in [2.05, 4.69) is 22.5 Å². The predicted molar refractivity (Wildman–Crippen MR) is 162 cm³/mol. The largest absolute Gasteiger partial charge is 0.489 e. The number of carbonyl (C=O) groups is 5. The SMILES string of the molecule is C=C(COc1cc(NC(=O)NCc2ccc3c(c2)CN(C2CCC(=O)NC2=O)C3=O)cc(C(F)(F)F)c1)C(=O)OC(C)(C)C.CC. The third-order valence-corrected chi connectivity index (χ3v) is 6.63. The lowest BCUT2D eigenvalue weighted by Gasteiger charge is -2.29. The Balaban J connectivity index is 0.00000282. The second kappa shape index (κ2) is 14.5. The molecule has 1 saturated heterocycles. The van der Waals surface area contributed by atoms with Gasteiger partial charge in [-0.1, -0.05) is 32.6 Å². The Hall–Kier alpha value is -4.88. The van der Waals surface area contributed by atoms with E-state index in [-0.39, 0.29) is 54.8 Å². The van der Waals surface area contributed by atoms with Crippen molar-refractivity contribution in [1.29, 1.82) is 0 Å². The van der Waals surface area contributed by atoms with Crippen molar-refractivity contribution in [2.75, 3.05) is 11.9 Å². The standard InChI is InChI=1S/C30H31F3N4O7.C2H6/c1-16(27(41)44-29(2,3)4)15-43-21-11-19(30(31,32)33)10-20(12-21)35-28(42)34-13-17-5-6-22-18(9-17)14-37(26(22)40)23-7-8-24(38)36-25(23)39;1-2/h5-6,9-12,23H,1,7-8,13-15H2,2-4H3,(H2,34,35,42)(H,36,38,39);1-2H3. The zero-order valence-corrected chi connectivity index (χ0v) is 26.2. The maximum absolute atomic E-state index is 13.5. The molecule has 2 aliphatic rings. The summed E-state index contributed by atoms with van der Waals surface area (Å²) < 4.78 is 51.2. The van der Waals surface area contributed by atoms with Crippen LogP contribution in [0.15, 0.2) is 48.6 Å². The Morgan fingerprint density at radius 1 is 1.07 bits per heavy atom. The molecular weight excluding hydrogens is 609 g/mol. The minimum atomic E-state index is -4.75. The number of imide groups is 1. The lowest BCUT2D eigenvalue weighted by molar-refractivity contribution is -0.150. The van der Waals surface area contributed by atoms with Crippen LogP contribution in [0.2, 0.25) is 0 Å². The van der Waals surface area contributed by atoms with E-state index in [0.29, 0.717) is 16.7 Å². The number of fused-ring (bicyclic) bond motifs is 1. The average molecular weight is 647 g/mol. The van der Waals surface area contributed by atoms with Crippen LogP contribution in [0.25, 0.3) is 0 Å². The number of piperidine rings is 1. The number of benzene rings is 2. The lowest BCUT2D eigenvalue weighted by atomic mass is 10.0. The maximum atomic E-state index is 13.5. The lowest BCUT2D eigenvalue weighted by Crippen LogP contribution is -2.52. The Bertz CT molecular complexity index is 1530. The summed E-state index contributed by atoms with van der Waals surface area (Å²) in [6, 6.07) is 5.93. The number of carbonyl (C=O) groups excluding carboxylic acids is 5. The zero-order chi connectivity index (χ0) is 34.4. The summed E-state index contributed by atoms with van der Waals surface area (Å²) in [4.78, 5) is 62.7. The number of hydrogen-bond donors (Lipinski definition) is 3. The van der Waals surface area contributed by atoms with Crippen LogP contribution in [0.1, 0.15) is 74.5 Å². The Morgan fingerprint density at radius 2 is 1.76 bits per heavy atom. The maximum Gasteiger partial charge on any atom is 0.416 e. The van der Waals surface area contributed by atoms with Gasteiger partial charge in [-0.2, -0.15) is 13.2 Å². The van der Waals surface area contributed by atoms with Gasteiger partial charge in [0, 0.05) is 36.8 Å². The smallest absolute Gasteiger partial charge is 0.416 e. The monoisotopic (exact) mass is 646 g/mol. The molecule has 1 unspecified atom stereocenters. The van der Waals surface area contributed by atoms with Gasteiger partial charge in [-0.05, 0) is 56.5 Å². The Morgan fingerprint density at radius 3 is 2.39 bits per heavy atom. The molecule has 0 saturated carbocycles. The highest BCUT2D eigenvalue weighted by atomic mass is 19.4. The van der Waals surface area contributed by atoms with E-state index in [1.54, 1.807) is 39.0 Å². The molecule has 0 aliphatic carbocycles. The number of amides is 5. The van der Waals surface area contributed by atoms with E-state index in [9.17, 15) is 37.1 Å². The van der Waals surface area contributed by atoms with Crippen LogP contribution < -0.4 is 20.7 Å². The fourth-order valence-corrected chi connectivity index (χ4v) is 4.59. The summed E-state index contributed by atoms with van der Waals surface area (Å²) in [5, 5.41) is 7.14. The number of rotatable bonds is 8. The van der Waals surface area contributed by atoms with Crippen molar-refractivity contribution in [3.63, 3.8) is 0 Å². The third kappa shape index (κ3) is 9.31. The molecule has 248 valence electrons. The summed E-state index contributed by atoms with van der Waals surface area (Å²) in [7, 11) is 0. The van der Waals surface area contributed by atoms with Crippen molar-refractivity contribution >= 4 is 35.4 Å². The van der Waals surface area contributed by atoms with Crippen LogP contribution >= 0.6 is 0 Å². The zero-order valence-electron chi connectivity index (χ0n) is 26.2.